The zero-order chi connectivity index (χ0) is 13.8. The van der Waals surface area contributed by atoms with Crippen molar-refractivity contribution < 1.29 is 0 Å². The third-order valence-corrected chi connectivity index (χ3v) is 4.86. The quantitative estimate of drug-likeness (QED) is 0.419. The van der Waals surface area contributed by atoms with E-state index in [2.05, 4.69) is 18.7 Å². The summed E-state index contributed by atoms with van der Waals surface area (Å²) in [4.78, 5) is 2.70. The summed E-state index contributed by atoms with van der Waals surface area (Å²) >= 11 is 0. The molecule has 0 bridgehead atoms. The van der Waals surface area contributed by atoms with Crippen LogP contribution in [0.4, 0.5) is 0 Å². The fourth-order valence-electron chi connectivity index (χ4n) is 3.26. The summed E-state index contributed by atoms with van der Waals surface area (Å²) in [6.45, 7) is 8.75. The van der Waals surface area contributed by atoms with E-state index in [1.807, 2.05) is 0 Å². The lowest BCUT2D eigenvalue weighted by Crippen LogP contribution is -2.34. The minimum Gasteiger partial charge on any atom is -0.303 e. The second-order valence-electron chi connectivity index (χ2n) is 6.52. The predicted molar refractivity (Wildman–Crippen MR) is 93.9 cm³/mol. The van der Waals surface area contributed by atoms with Crippen LogP contribution in [-0.4, -0.2) is 24.5 Å². The molecule has 0 N–H and O–H groups in total. The fraction of sp³-hybridized carbons (Fsp3) is 1.00. The van der Waals surface area contributed by atoms with Crippen LogP contribution in [0.25, 0.3) is 0 Å². The molecule has 1 nitrogen and oxygen atoms in total. The van der Waals surface area contributed by atoms with Crippen LogP contribution in [0.5, 0.6) is 0 Å². The Bertz CT molecular complexity index is 188. The van der Waals surface area contributed by atoms with Crippen LogP contribution in [0.3, 0.4) is 0 Å². The second kappa shape index (κ2) is 14.2. The average Bonchev–Trinajstić information content (AvgIpc) is 2.46. The molecule has 0 saturated carbocycles. The lowest BCUT2D eigenvalue weighted by Gasteiger charge is -2.31. The highest BCUT2D eigenvalue weighted by atomic mass is 35.5. The molecule has 2 heteroatoms. The first-order valence-electron chi connectivity index (χ1n) is 9.09. The number of hydrogen-bond acceptors (Lipinski definition) is 1. The number of hydrogen-bond donors (Lipinski definition) is 0. The molecule has 1 aliphatic rings. The number of rotatable bonds is 11. The van der Waals surface area contributed by atoms with Crippen LogP contribution in [0, 0.1) is 5.92 Å². The van der Waals surface area contributed by atoms with Crippen LogP contribution < -0.4 is 0 Å². The van der Waals surface area contributed by atoms with Gasteiger partial charge in [0, 0.05) is 0 Å². The van der Waals surface area contributed by atoms with E-state index in [1.54, 1.807) is 0 Å². The van der Waals surface area contributed by atoms with E-state index < -0.39 is 0 Å². The van der Waals surface area contributed by atoms with Gasteiger partial charge in [-0.25, -0.2) is 0 Å². The molecule has 0 radical (unpaired) electrons. The van der Waals surface area contributed by atoms with Crippen LogP contribution >= 0.6 is 12.4 Å². The Morgan fingerprint density at radius 2 is 1.25 bits per heavy atom. The van der Waals surface area contributed by atoms with Gasteiger partial charge in [-0.2, -0.15) is 0 Å². The number of piperidine rings is 1. The molecule has 0 aromatic heterocycles. The molecule has 1 rings (SSSR count). The summed E-state index contributed by atoms with van der Waals surface area (Å²) in [5, 5.41) is 0. The van der Waals surface area contributed by atoms with Gasteiger partial charge in [-0.1, -0.05) is 71.6 Å². The maximum Gasteiger partial charge on any atom is -0.00161 e. The van der Waals surface area contributed by atoms with Gasteiger partial charge < -0.3 is 4.90 Å². The summed E-state index contributed by atoms with van der Waals surface area (Å²) in [5.74, 6) is 1.03. The molecule has 0 unspecified atom stereocenters. The van der Waals surface area contributed by atoms with Crippen LogP contribution in [-0.2, 0) is 0 Å². The first-order valence-corrected chi connectivity index (χ1v) is 9.09. The summed E-state index contributed by atoms with van der Waals surface area (Å²) in [6.07, 6.45) is 17.4. The Hall–Kier alpha value is 0.250. The molecule has 122 valence electrons. The van der Waals surface area contributed by atoms with Crippen molar-refractivity contribution in [3.63, 3.8) is 0 Å². The molecule has 0 aliphatic carbocycles. The standard InChI is InChI=1S/C18H37N.ClH/c1-3-5-6-7-8-9-10-11-12-15-19-16-13-18(4-2)14-17-19;/h18H,3-17H2,1-2H3;1H. The summed E-state index contributed by atoms with van der Waals surface area (Å²) < 4.78 is 0. The van der Waals surface area contributed by atoms with Crippen molar-refractivity contribution in [1.29, 1.82) is 0 Å². The Labute approximate surface area is 134 Å². The van der Waals surface area contributed by atoms with Gasteiger partial charge in [-0.3, -0.25) is 0 Å². The predicted octanol–water partition coefficient (Wildman–Crippen LogP) is 6.06. The monoisotopic (exact) mass is 303 g/mol. The van der Waals surface area contributed by atoms with E-state index in [4.69, 9.17) is 0 Å². The highest BCUT2D eigenvalue weighted by Crippen LogP contribution is 2.20. The molecule has 1 saturated heterocycles. The van der Waals surface area contributed by atoms with E-state index in [9.17, 15) is 0 Å². The van der Waals surface area contributed by atoms with Crippen molar-refractivity contribution in [2.45, 2.75) is 90.9 Å². The largest absolute Gasteiger partial charge is 0.303 e. The van der Waals surface area contributed by atoms with Gasteiger partial charge in [-0.05, 0) is 44.8 Å². The van der Waals surface area contributed by atoms with Gasteiger partial charge in [0.25, 0.3) is 0 Å². The number of likely N-dealkylation sites (tertiary alicyclic amines) is 1. The van der Waals surface area contributed by atoms with Gasteiger partial charge in [0.1, 0.15) is 0 Å². The van der Waals surface area contributed by atoms with E-state index in [-0.39, 0.29) is 12.4 Å². The highest BCUT2D eigenvalue weighted by Gasteiger charge is 2.16. The van der Waals surface area contributed by atoms with E-state index in [0.717, 1.165) is 5.92 Å². The molecule has 0 aromatic carbocycles. The average molecular weight is 304 g/mol. The molecule has 0 spiro atoms. The smallest absolute Gasteiger partial charge is 0.00161 e. The molecular weight excluding hydrogens is 266 g/mol. The van der Waals surface area contributed by atoms with Crippen molar-refractivity contribution in [3.8, 4) is 0 Å². The van der Waals surface area contributed by atoms with Crippen molar-refractivity contribution >= 4 is 12.4 Å². The minimum atomic E-state index is 0. The Morgan fingerprint density at radius 1 is 0.750 bits per heavy atom. The zero-order valence-corrected chi connectivity index (χ0v) is 14.9. The lowest BCUT2D eigenvalue weighted by atomic mass is 9.94. The van der Waals surface area contributed by atoms with Gasteiger partial charge in [0.2, 0.25) is 0 Å². The van der Waals surface area contributed by atoms with Crippen LogP contribution in [0.15, 0.2) is 0 Å². The number of halogens is 1. The van der Waals surface area contributed by atoms with Gasteiger partial charge in [-0.15, -0.1) is 12.4 Å². The summed E-state index contributed by atoms with van der Waals surface area (Å²) in [7, 11) is 0. The zero-order valence-electron chi connectivity index (χ0n) is 14.0. The molecule has 0 amide bonds. The minimum absolute atomic E-state index is 0. The van der Waals surface area contributed by atoms with Crippen molar-refractivity contribution in [1.82, 2.24) is 4.90 Å². The highest BCUT2D eigenvalue weighted by molar-refractivity contribution is 5.85. The van der Waals surface area contributed by atoms with Crippen LogP contribution in [0.2, 0.25) is 0 Å². The lowest BCUT2D eigenvalue weighted by molar-refractivity contribution is 0.179. The third kappa shape index (κ3) is 10.0. The Morgan fingerprint density at radius 3 is 1.75 bits per heavy atom. The van der Waals surface area contributed by atoms with Gasteiger partial charge in [0.05, 0.1) is 0 Å². The van der Waals surface area contributed by atoms with Crippen molar-refractivity contribution in [3.05, 3.63) is 0 Å². The molecule has 20 heavy (non-hydrogen) atoms. The fourth-order valence-corrected chi connectivity index (χ4v) is 3.26. The molecule has 0 atom stereocenters. The molecule has 1 aliphatic heterocycles. The molecule has 1 fully saturated rings. The van der Waals surface area contributed by atoms with Gasteiger partial charge >= 0.3 is 0 Å². The molecular formula is C18H38ClN. The van der Waals surface area contributed by atoms with E-state index in [1.165, 1.54) is 96.7 Å². The Kier molecular flexibility index (Phi) is 14.4. The van der Waals surface area contributed by atoms with E-state index >= 15 is 0 Å². The van der Waals surface area contributed by atoms with E-state index in [0.29, 0.717) is 0 Å². The second-order valence-corrected chi connectivity index (χ2v) is 6.52. The Balaban J connectivity index is 0.00000361. The summed E-state index contributed by atoms with van der Waals surface area (Å²) in [5.41, 5.74) is 0. The maximum absolute atomic E-state index is 2.70. The van der Waals surface area contributed by atoms with Crippen LogP contribution in [0.1, 0.15) is 90.9 Å². The van der Waals surface area contributed by atoms with Crippen molar-refractivity contribution in [2.24, 2.45) is 5.92 Å². The molecule has 0 aromatic rings. The maximum atomic E-state index is 2.70. The SMILES string of the molecule is CCCCCCCCCCCN1CCC(CC)CC1.Cl. The molecule has 1 heterocycles. The summed E-state index contributed by atoms with van der Waals surface area (Å²) in [6, 6.07) is 0. The van der Waals surface area contributed by atoms with Crippen molar-refractivity contribution in [2.75, 3.05) is 19.6 Å². The first-order chi connectivity index (χ1) is 9.36. The topological polar surface area (TPSA) is 3.24 Å². The normalized spacial score (nSPS) is 17.1. The first kappa shape index (κ1) is 20.2. The third-order valence-electron chi connectivity index (χ3n) is 4.86. The van der Waals surface area contributed by atoms with Gasteiger partial charge in [0.15, 0.2) is 0 Å². The number of unbranched alkanes of at least 4 members (excludes halogenated alkanes) is 8. The number of nitrogens with zero attached hydrogens (tertiary/aromatic N) is 1.